The lowest BCUT2D eigenvalue weighted by atomic mass is 9.90. The fraction of sp³-hybridized carbons (Fsp3) is 0.650. The normalized spacial score (nSPS) is 21.5. The molecule has 1 atom stereocenters. The van der Waals surface area contributed by atoms with Gasteiger partial charge in [-0.15, -0.1) is 0 Å². The Bertz CT molecular complexity index is 724. The first-order valence-corrected chi connectivity index (χ1v) is 9.72. The Morgan fingerprint density at radius 2 is 2.12 bits per heavy atom. The fourth-order valence-electron chi connectivity index (χ4n) is 4.14. The largest absolute Gasteiger partial charge is 0.339 e. The molecule has 0 spiro atoms. The van der Waals surface area contributed by atoms with Gasteiger partial charge in [0.25, 0.3) is 0 Å². The summed E-state index contributed by atoms with van der Waals surface area (Å²) in [6.45, 7) is 7.27. The minimum absolute atomic E-state index is 0.293. The van der Waals surface area contributed by atoms with E-state index < -0.39 is 0 Å². The highest BCUT2D eigenvalue weighted by Crippen LogP contribution is 2.29. The average molecular weight is 340 g/mol. The molecule has 0 unspecified atom stereocenters. The van der Waals surface area contributed by atoms with Crippen LogP contribution in [0.15, 0.2) is 16.8 Å². The van der Waals surface area contributed by atoms with E-state index >= 15 is 0 Å². The molecule has 1 saturated heterocycles. The van der Waals surface area contributed by atoms with E-state index in [2.05, 4.69) is 35.0 Å². The van der Waals surface area contributed by atoms with Gasteiger partial charge in [0, 0.05) is 31.1 Å². The first-order valence-electron chi connectivity index (χ1n) is 9.72. The van der Waals surface area contributed by atoms with Gasteiger partial charge >= 0.3 is 0 Å². The van der Waals surface area contributed by atoms with E-state index in [0.29, 0.717) is 11.8 Å². The van der Waals surface area contributed by atoms with Gasteiger partial charge in [-0.2, -0.15) is 4.98 Å². The summed E-state index contributed by atoms with van der Waals surface area (Å²) in [6.07, 6.45) is 9.36. The minimum Gasteiger partial charge on any atom is -0.339 e. The molecule has 25 heavy (non-hydrogen) atoms. The summed E-state index contributed by atoms with van der Waals surface area (Å²) in [5, 5.41) is 4.24. The summed E-state index contributed by atoms with van der Waals surface area (Å²) < 4.78 is 5.42. The molecule has 2 aromatic rings. The van der Waals surface area contributed by atoms with E-state index in [4.69, 9.17) is 9.51 Å². The number of rotatable bonds is 4. The zero-order chi connectivity index (χ0) is 17.2. The molecule has 0 radical (unpaired) electrons. The number of fused-ring (bicyclic) bond motifs is 1. The van der Waals surface area contributed by atoms with Gasteiger partial charge in [0.15, 0.2) is 5.82 Å². The fourth-order valence-corrected chi connectivity index (χ4v) is 4.14. The average Bonchev–Trinajstić information content (AvgIpc) is 3.13. The smallest absolute Gasteiger partial charge is 0.229 e. The number of pyridine rings is 1. The maximum atomic E-state index is 5.42. The molecule has 0 aromatic carbocycles. The molecule has 134 valence electrons. The van der Waals surface area contributed by atoms with Crippen molar-refractivity contribution in [2.45, 2.75) is 70.8 Å². The number of aryl methyl sites for hydroxylation is 1. The third-order valence-corrected chi connectivity index (χ3v) is 5.56. The molecule has 2 aliphatic rings. The van der Waals surface area contributed by atoms with Crippen molar-refractivity contribution in [2.75, 3.05) is 13.1 Å². The van der Waals surface area contributed by atoms with Crippen molar-refractivity contribution in [2.24, 2.45) is 0 Å². The van der Waals surface area contributed by atoms with E-state index in [0.717, 1.165) is 37.8 Å². The first kappa shape index (κ1) is 16.7. The van der Waals surface area contributed by atoms with Crippen molar-refractivity contribution in [3.05, 3.63) is 40.8 Å². The quantitative estimate of drug-likeness (QED) is 0.846. The van der Waals surface area contributed by atoms with Gasteiger partial charge in [0.1, 0.15) is 0 Å². The van der Waals surface area contributed by atoms with Gasteiger partial charge in [-0.25, -0.2) is 0 Å². The molecular formula is C20H28N4O. The molecule has 0 bridgehead atoms. The monoisotopic (exact) mass is 340 g/mol. The molecule has 4 rings (SSSR count). The molecule has 5 nitrogen and oxygen atoms in total. The lowest BCUT2D eigenvalue weighted by Gasteiger charge is -2.32. The SMILES string of the molecule is CC(C)c1nc([C@H]2CCCN(Cc3nccc4c3CCCC4)C2)no1. The van der Waals surface area contributed by atoms with Gasteiger partial charge in [-0.05, 0) is 62.3 Å². The summed E-state index contributed by atoms with van der Waals surface area (Å²) >= 11 is 0. The molecule has 0 saturated carbocycles. The molecule has 5 heteroatoms. The van der Waals surface area contributed by atoms with Crippen LogP contribution in [0.3, 0.4) is 0 Å². The van der Waals surface area contributed by atoms with Gasteiger partial charge < -0.3 is 4.52 Å². The Morgan fingerprint density at radius 1 is 1.24 bits per heavy atom. The third kappa shape index (κ3) is 3.61. The molecular weight excluding hydrogens is 312 g/mol. The number of nitrogens with zero attached hydrogens (tertiary/aromatic N) is 4. The highest BCUT2D eigenvalue weighted by molar-refractivity contribution is 5.32. The highest BCUT2D eigenvalue weighted by Gasteiger charge is 2.27. The van der Waals surface area contributed by atoms with Gasteiger partial charge in [-0.1, -0.05) is 19.0 Å². The second-order valence-electron chi connectivity index (χ2n) is 7.82. The highest BCUT2D eigenvalue weighted by atomic mass is 16.5. The van der Waals surface area contributed by atoms with E-state index in [1.165, 1.54) is 48.9 Å². The number of likely N-dealkylation sites (tertiary alicyclic amines) is 1. The van der Waals surface area contributed by atoms with Crippen molar-refractivity contribution in [1.29, 1.82) is 0 Å². The molecule has 1 aliphatic carbocycles. The number of aromatic nitrogens is 3. The van der Waals surface area contributed by atoms with Crippen LogP contribution in [0.25, 0.3) is 0 Å². The van der Waals surface area contributed by atoms with E-state index in [1.807, 2.05) is 6.20 Å². The Morgan fingerprint density at radius 3 is 2.96 bits per heavy atom. The molecule has 2 aromatic heterocycles. The van der Waals surface area contributed by atoms with Crippen LogP contribution in [-0.2, 0) is 19.4 Å². The van der Waals surface area contributed by atoms with Crippen molar-refractivity contribution in [1.82, 2.24) is 20.0 Å². The molecule has 0 N–H and O–H groups in total. The third-order valence-electron chi connectivity index (χ3n) is 5.56. The van der Waals surface area contributed by atoms with Gasteiger partial charge in [-0.3, -0.25) is 9.88 Å². The van der Waals surface area contributed by atoms with Crippen LogP contribution in [0, 0.1) is 0 Å². The molecule has 0 amide bonds. The maximum Gasteiger partial charge on any atom is 0.229 e. The summed E-state index contributed by atoms with van der Waals surface area (Å²) in [5.41, 5.74) is 4.32. The van der Waals surface area contributed by atoms with Gasteiger partial charge in [0.2, 0.25) is 5.89 Å². The van der Waals surface area contributed by atoms with Crippen LogP contribution in [0.1, 0.15) is 79.9 Å². The maximum absolute atomic E-state index is 5.42. The van der Waals surface area contributed by atoms with E-state index in [9.17, 15) is 0 Å². The minimum atomic E-state index is 0.293. The van der Waals surface area contributed by atoms with Crippen LogP contribution < -0.4 is 0 Å². The molecule has 1 aliphatic heterocycles. The Labute approximate surface area is 149 Å². The Hall–Kier alpha value is -1.75. The van der Waals surface area contributed by atoms with Crippen LogP contribution in [0.5, 0.6) is 0 Å². The van der Waals surface area contributed by atoms with Crippen LogP contribution in [-0.4, -0.2) is 33.1 Å². The zero-order valence-corrected chi connectivity index (χ0v) is 15.4. The summed E-state index contributed by atoms with van der Waals surface area (Å²) in [4.78, 5) is 11.9. The Kier molecular flexibility index (Phi) is 4.84. The second-order valence-corrected chi connectivity index (χ2v) is 7.82. The number of hydrogen-bond acceptors (Lipinski definition) is 5. The van der Waals surface area contributed by atoms with Crippen LogP contribution >= 0.6 is 0 Å². The second kappa shape index (κ2) is 7.24. The lowest BCUT2D eigenvalue weighted by molar-refractivity contribution is 0.192. The van der Waals surface area contributed by atoms with Crippen molar-refractivity contribution < 1.29 is 4.52 Å². The number of hydrogen-bond donors (Lipinski definition) is 0. The van der Waals surface area contributed by atoms with Crippen LogP contribution in [0.4, 0.5) is 0 Å². The zero-order valence-electron chi connectivity index (χ0n) is 15.4. The number of piperidine rings is 1. The summed E-state index contributed by atoms with van der Waals surface area (Å²) in [6, 6.07) is 2.21. The summed E-state index contributed by atoms with van der Waals surface area (Å²) in [7, 11) is 0. The summed E-state index contributed by atoms with van der Waals surface area (Å²) in [5.74, 6) is 2.31. The van der Waals surface area contributed by atoms with Crippen molar-refractivity contribution in [3.63, 3.8) is 0 Å². The first-order chi connectivity index (χ1) is 12.2. The van der Waals surface area contributed by atoms with E-state index in [-0.39, 0.29) is 0 Å². The standard InChI is InChI=1S/C20H28N4O/c1-14(2)20-22-19(23-25-20)16-7-5-11-24(12-16)13-18-17-8-4-3-6-15(17)9-10-21-18/h9-10,14,16H,3-8,11-13H2,1-2H3/t16-/m0/s1. The molecule has 3 heterocycles. The topological polar surface area (TPSA) is 55.1 Å². The molecule has 1 fully saturated rings. The van der Waals surface area contributed by atoms with Crippen molar-refractivity contribution in [3.8, 4) is 0 Å². The van der Waals surface area contributed by atoms with Crippen molar-refractivity contribution >= 4 is 0 Å². The predicted octanol–water partition coefficient (Wildman–Crippen LogP) is 3.85. The Balaban J connectivity index is 1.46. The lowest BCUT2D eigenvalue weighted by Crippen LogP contribution is -2.35. The van der Waals surface area contributed by atoms with Crippen LogP contribution in [0.2, 0.25) is 0 Å². The predicted molar refractivity (Wildman–Crippen MR) is 96.5 cm³/mol. The van der Waals surface area contributed by atoms with E-state index in [1.54, 1.807) is 0 Å². The van der Waals surface area contributed by atoms with Gasteiger partial charge in [0.05, 0.1) is 5.69 Å².